The first-order valence-corrected chi connectivity index (χ1v) is 6.76. The molecule has 3 heterocycles. The lowest BCUT2D eigenvalue weighted by atomic mass is 10.1. The molecule has 10 heteroatoms. The van der Waals surface area contributed by atoms with Crippen LogP contribution in [0.3, 0.4) is 0 Å². The zero-order chi connectivity index (χ0) is 16.6. The molecule has 0 bridgehead atoms. The molecule has 1 saturated heterocycles. The zero-order valence-corrected chi connectivity index (χ0v) is 11.9. The molecule has 2 aromatic rings. The number of nitrogens with two attached hydrogens (primary N) is 1. The van der Waals surface area contributed by atoms with E-state index in [0.29, 0.717) is 11.2 Å². The Hall–Kier alpha value is -2.56. The van der Waals surface area contributed by atoms with Crippen LogP contribution in [0.4, 0.5) is 5.82 Å². The lowest BCUT2D eigenvalue weighted by molar-refractivity contribution is -0.144. The Bertz CT molecular complexity index is 747. The van der Waals surface area contributed by atoms with Gasteiger partial charge >= 0.3 is 5.97 Å². The van der Waals surface area contributed by atoms with E-state index in [2.05, 4.69) is 21.5 Å². The number of carbonyl (C=O) groups is 1. The summed E-state index contributed by atoms with van der Waals surface area (Å²) in [6.07, 6.45) is -0.693. The highest BCUT2D eigenvalue weighted by Crippen LogP contribution is 2.32. The van der Waals surface area contributed by atoms with Crippen molar-refractivity contribution in [3.63, 3.8) is 0 Å². The minimum atomic E-state index is -1.25. The second-order valence-electron chi connectivity index (χ2n) is 4.96. The Morgan fingerprint density at radius 3 is 2.96 bits per heavy atom. The maximum absolute atomic E-state index is 11.1. The first-order valence-electron chi connectivity index (χ1n) is 6.76. The number of aliphatic hydroxyl groups is 2. The van der Waals surface area contributed by atoms with Gasteiger partial charge in [-0.1, -0.05) is 6.58 Å². The first-order chi connectivity index (χ1) is 11.0. The molecule has 1 fully saturated rings. The van der Waals surface area contributed by atoms with Crippen LogP contribution < -0.4 is 5.73 Å². The van der Waals surface area contributed by atoms with E-state index in [1.807, 2.05) is 0 Å². The maximum Gasteiger partial charge on any atom is 0.330 e. The molecule has 23 heavy (non-hydrogen) atoms. The zero-order valence-electron chi connectivity index (χ0n) is 11.9. The highest BCUT2D eigenvalue weighted by molar-refractivity contribution is 5.81. The molecule has 0 saturated carbocycles. The van der Waals surface area contributed by atoms with Gasteiger partial charge in [0.2, 0.25) is 0 Å². The average molecular weight is 321 g/mol. The number of hydrogen-bond acceptors (Lipinski definition) is 9. The minimum absolute atomic E-state index is 0.193. The molecule has 1 aliphatic heterocycles. The minimum Gasteiger partial charge on any atom is -0.460 e. The molecular weight excluding hydrogens is 306 g/mol. The molecule has 0 spiro atoms. The largest absolute Gasteiger partial charge is 0.460 e. The Balaban J connectivity index is 1.84. The number of aliphatic hydroxyl groups excluding tert-OH is 2. The molecule has 0 unspecified atom stereocenters. The van der Waals surface area contributed by atoms with Crippen molar-refractivity contribution >= 4 is 23.0 Å². The monoisotopic (exact) mass is 321 g/mol. The number of nitrogen functional groups attached to an aromatic ring is 1. The maximum atomic E-state index is 11.1. The van der Waals surface area contributed by atoms with Gasteiger partial charge in [0, 0.05) is 6.08 Å². The van der Waals surface area contributed by atoms with Crippen LogP contribution in [0, 0.1) is 0 Å². The summed E-state index contributed by atoms with van der Waals surface area (Å²) in [5.41, 5.74) is 6.43. The number of carbonyl (C=O) groups excluding carboxylic acids is 1. The third-order valence-corrected chi connectivity index (χ3v) is 3.55. The Kier molecular flexibility index (Phi) is 3.94. The molecule has 4 N–H and O–H groups in total. The summed E-state index contributed by atoms with van der Waals surface area (Å²) < 4.78 is 11.9. The predicted molar refractivity (Wildman–Crippen MR) is 76.8 cm³/mol. The molecule has 122 valence electrons. The molecule has 10 nitrogen and oxygen atoms in total. The van der Waals surface area contributed by atoms with Gasteiger partial charge in [0.1, 0.15) is 36.8 Å². The van der Waals surface area contributed by atoms with Crippen LogP contribution in [0.25, 0.3) is 11.2 Å². The molecule has 1 aliphatic rings. The summed E-state index contributed by atoms with van der Waals surface area (Å²) >= 11 is 0. The SMILES string of the molecule is C=CC(=O)OC[C@H]1O[C@@H](n2cnc3c(N)ncnc32)[C@H](O)[C@@H]1O. The van der Waals surface area contributed by atoms with Crippen molar-refractivity contribution in [2.45, 2.75) is 24.5 Å². The standard InChI is InChI=1S/C13H15N5O5/c1-2-7(19)22-3-6-9(20)10(21)13(23-6)18-5-17-8-11(14)15-4-16-12(8)18/h2,4-6,9-10,13,20-21H,1,3H2,(H2,14,15,16)/t6-,9-,10-,13-/m1/s1. The molecule has 0 amide bonds. The lowest BCUT2D eigenvalue weighted by Gasteiger charge is -2.16. The third-order valence-electron chi connectivity index (χ3n) is 3.55. The van der Waals surface area contributed by atoms with Crippen molar-refractivity contribution in [3.8, 4) is 0 Å². The third kappa shape index (κ3) is 2.63. The number of imidazole rings is 1. The number of nitrogens with zero attached hydrogens (tertiary/aromatic N) is 4. The lowest BCUT2D eigenvalue weighted by Crippen LogP contribution is -2.34. The summed E-state index contributed by atoms with van der Waals surface area (Å²) in [4.78, 5) is 23.1. The van der Waals surface area contributed by atoms with Gasteiger partial charge in [-0.05, 0) is 0 Å². The van der Waals surface area contributed by atoms with E-state index in [0.717, 1.165) is 6.08 Å². The number of esters is 1. The topological polar surface area (TPSA) is 146 Å². The summed E-state index contributed by atoms with van der Waals surface area (Å²) in [5.74, 6) is -0.453. The van der Waals surface area contributed by atoms with Crippen LogP contribution in [-0.4, -0.2) is 60.6 Å². The molecule has 0 radical (unpaired) electrons. The van der Waals surface area contributed by atoms with E-state index in [1.54, 1.807) is 0 Å². The van der Waals surface area contributed by atoms with E-state index >= 15 is 0 Å². The van der Waals surface area contributed by atoms with E-state index in [1.165, 1.54) is 17.2 Å². The molecule has 3 rings (SSSR count). The fourth-order valence-electron chi connectivity index (χ4n) is 2.38. The van der Waals surface area contributed by atoms with Crippen LogP contribution in [0.5, 0.6) is 0 Å². The van der Waals surface area contributed by atoms with Gasteiger partial charge in [0.15, 0.2) is 17.7 Å². The summed E-state index contributed by atoms with van der Waals surface area (Å²) in [6, 6.07) is 0. The number of anilines is 1. The molecule has 0 aliphatic carbocycles. The Morgan fingerprint density at radius 1 is 1.43 bits per heavy atom. The number of hydrogen-bond donors (Lipinski definition) is 3. The predicted octanol–water partition coefficient (Wildman–Crippen LogP) is -1.24. The van der Waals surface area contributed by atoms with E-state index in [-0.39, 0.29) is 12.4 Å². The number of rotatable bonds is 4. The van der Waals surface area contributed by atoms with Crippen molar-refractivity contribution in [2.24, 2.45) is 0 Å². The van der Waals surface area contributed by atoms with Crippen molar-refractivity contribution in [1.29, 1.82) is 0 Å². The van der Waals surface area contributed by atoms with Crippen LogP contribution >= 0.6 is 0 Å². The van der Waals surface area contributed by atoms with Gasteiger partial charge in [0.25, 0.3) is 0 Å². The summed E-state index contributed by atoms with van der Waals surface area (Å²) in [6.45, 7) is 3.05. The summed E-state index contributed by atoms with van der Waals surface area (Å²) in [7, 11) is 0. The average Bonchev–Trinajstić information content (AvgIpc) is 3.09. The van der Waals surface area contributed by atoms with Gasteiger partial charge in [-0.2, -0.15) is 0 Å². The fourth-order valence-corrected chi connectivity index (χ4v) is 2.38. The fraction of sp³-hybridized carbons (Fsp3) is 0.385. The van der Waals surface area contributed by atoms with Crippen LogP contribution in [0.2, 0.25) is 0 Å². The quantitative estimate of drug-likeness (QED) is 0.464. The first kappa shape index (κ1) is 15.3. The summed E-state index contributed by atoms with van der Waals surface area (Å²) in [5, 5.41) is 20.2. The van der Waals surface area contributed by atoms with Gasteiger partial charge in [0.05, 0.1) is 6.33 Å². The van der Waals surface area contributed by atoms with Gasteiger partial charge in [-0.25, -0.2) is 19.7 Å². The van der Waals surface area contributed by atoms with E-state index < -0.39 is 30.5 Å². The number of ether oxygens (including phenoxy) is 2. The van der Waals surface area contributed by atoms with E-state index in [4.69, 9.17) is 15.2 Å². The molecule has 4 atom stereocenters. The van der Waals surface area contributed by atoms with Gasteiger partial charge < -0.3 is 25.4 Å². The Labute approximate surface area is 130 Å². The number of aromatic nitrogens is 4. The van der Waals surface area contributed by atoms with Crippen molar-refractivity contribution in [3.05, 3.63) is 25.3 Å². The van der Waals surface area contributed by atoms with Crippen LogP contribution in [0.15, 0.2) is 25.3 Å². The van der Waals surface area contributed by atoms with Crippen molar-refractivity contribution in [1.82, 2.24) is 19.5 Å². The highest BCUT2D eigenvalue weighted by Gasteiger charge is 2.44. The van der Waals surface area contributed by atoms with Gasteiger partial charge in [-0.15, -0.1) is 0 Å². The molecule has 2 aromatic heterocycles. The molecular formula is C13H15N5O5. The van der Waals surface area contributed by atoms with Crippen LogP contribution in [0.1, 0.15) is 6.23 Å². The smallest absolute Gasteiger partial charge is 0.330 e. The van der Waals surface area contributed by atoms with Gasteiger partial charge in [-0.3, -0.25) is 4.57 Å². The number of fused-ring (bicyclic) bond motifs is 1. The normalized spacial score (nSPS) is 27.2. The molecule has 0 aromatic carbocycles. The van der Waals surface area contributed by atoms with E-state index in [9.17, 15) is 15.0 Å². The Morgan fingerprint density at radius 2 is 2.22 bits per heavy atom. The van der Waals surface area contributed by atoms with Crippen molar-refractivity contribution in [2.75, 3.05) is 12.3 Å². The van der Waals surface area contributed by atoms with Crippen molar-refractivity contribution < 1.29 is 24.5 Å². The second-order valence-corrected chi connectivity index (χ2v) is 4.96. The van der Waals surface area contributed by atoms with Crippen LogP contribution in [-0.2, 0) is 14.3 Å². The second kappa shape index (κ2) is 5.91. The highest BCUT2D eigenvalue weighted by atomic mass is 16.6.